The number of rotatable bonds is 3. The lowest BCUT2D eigenvalue weighted by atomic mass is 10.1. The van der Waals surface area contributed by atoms with Gasteiger partial charge < -0.3 is 10.5 Å². The Bertz CT molecular complexity index is 567. The van der Waals surface area contributed by atoms with E-state index < -0.39 is 5.54 Å². The van der Waals surface area contributed by atoms with E-state index >= 15 is 0 Å². The van der Waals surface area contributed by atoms with Crippen molar-refractivity contribution in [2.24, 2.45) is 5.73 Å². The van der Waals surface area contributed by atoms with Crippen LogP contribution in [-0.2, 0) is 0 Å². The second-order valence-electron chi connectivity index (χ2n) is 4.14. The van der Waals surface area contributed by atoms with Gasteiger partial charge in [-0.15, -0.1) is 0 Å². The number of nitrogens with zero attached hydrogens (tertiary/aromatic N) is 2. The number of ether oxygens (including phenoxy) is 1. The molecule has 0 amide bonds. The molecule has 0 saturated heterocycles. The molecule has 0 aliphatic rings. The molecule has 4 nitrogen and oxygen atoms in total. The lowest BCUT2D eigenvalue weighted by Gasteiger charge is -2.17. The molecule has 1 unspecified atom stereocenters. The number of nitrogens with two attached hydrogens (primary N) is 1. The summed E-state index contributed by atoms with van der Waals surface area (Å²) in [5.41, 5.74) is 5.59. The molecule has 2 aromatic rings. The second kappa shape index (κ2) is 4.40. The van der Waals surface area contributed by atoms with Crippen LogP contribution in [0.2, 0.25) is 0 Å². The molecule has 0 aliphatic carbocycles. The number of benzene rings is 1. The molecule has 0 aliphatic heterocycles. The number of hydrogen-bond acceptors (Lipinski definition) is 4. The van der Waals surface area contributed by atoms with Gasteiger partial charge in [-0.05, 0) is 31.2 Å². The van der Waals surface area contributed by atoms with Crippen molar-refractivity contribution >= 4 is 10.9 Å². The van der Waals surface area contributed by atoms with Crippen LogP contribution in [0, 0.1) is 11.3 Å². The van der Waals surface area contributed by atoms with Crippen molar-refractivity contribution in [2.45, 2.75) is 12.5 Å². The maximum absolute atomic E-state index is 8.82. The van der Waals surface area contributed by atoms with Crippen molar-refractivity contribution < 1.29 is 4.74 Å². The van der Waals surface area contributed by atoms with Crippen LogP contribution in [0.1, 0.15) is 6.92 Å². The predicted molar refractivity (Wildman–Crippen MR) is 65.4 cm³/mol. The van der Waals surface area contributed by atoms with Crippen LogP contribution in [0.5, 0.6) is 5.75 Å². The van der Waals surface area contributed by atoms with Gasteiger partial charge in [0, 0.05) is 11.6 Å². The first-order valence-electron chi connectivity index (χ1n) is 5.29. The van der Waals surface area contributed by atoms with Crippen molar-refractivity contribution in [3.05, 3.63) is 36.5 Å². The van der Waals surface area contributed by atoms with E-state index in [1.807, 2.05) is 36.4 Å². The normalized spacial score (nSPS) is 13.9. The third-order valence-electron chi connectivity index (χ3n) is 2.39. The Labute approximate surface area is 99.6 Å². The molecule has 0 radical (unpaired) electrons. The summed E-state index contributed by atoms with van der Waals surface area (Å²) in [4.78, 5) is 4.23. The number of nitriles is 1. The highest BCUT2D eigenvalue weighted by Crippen LogP contribution is 2.24. The quantitative estimate of drug-likeness (QED) is 0.868. The van der Waals surface area contributed by atoms with Crippen molar-refractivity contribution in [1.29, 1.82) is 5.26 Å². The Morgan fingerprint density at radius 1 is 1.41 bits per heavy atom. The molecule has 1 heterocycles. The van der Waals surface area contributed by atoms with Crippen LogP contribution in [0.15, 0.2) is 36.5 Å². The highest BCUT2D eigenvalue weighted by molar-refractivity contribution is 5.84. The maximum Gasteiger partial charge on any atom is 0.135 e. The largest absolute Gasteiger partial charge is 0.490 e. The van der Waals surface area contributed by atoms with E-state index in [1.54, 1.807) is 13.1 Å². The number of fused-ring (bicyclic) bond motifs is 1. The molecular formula is C13H13N3O. The Morgan fingerprint density at radius 2 is 2.24 bits per heavy atom. The molecule has 0 fully saturated rings. The van der Waals surface area contributed by atoms with Crippen molar-refractivity contribution in [2.75, 3.05) is 6.61 Å². The third-order valence-corrected chi connectivity index (χ3v) is 2.39. The van der Waals surface area contributed by atoms with Gasteiger partial charge in [0.05, 0.1) is 11.6 Å². The Morgan fingerprint density at radius 3 is 3.00 bits per heavy atom. The van der Waals surface area contributed by atoms with Gasteiger partial charge in [-0.2, -0.15) is 5.26 Å². The van der Waals surface area contributed by atoms with Crippen LogP contribution < -0.4 is 10.5 Å². The summed E-state index contributed by atoms with van der Waals surface area (Å²) >= 11 is 0. The molecule has 86 valence electrons. The van der Waals surface area contributed by atoms with Crippen LogP contribution >= 0.6 is 0 Å². The summed E-state index contributed by atoms with van der Waals surface area (Å²) in [5, 5.41) is 9.74. The molecule has 0 saturated carbocycles. The number of pyridine rings is 1. The molecule has 1 aromatic carbocycles. The van der Waals surface area contributed by atoms with Gasteiger partial charge in [0.25, 0.3) is 0 Å². The monoisotopic (exact) mass is 227 g/mol. The Balaban J connectivity index is 2.28. The van der Waals surface area contributed by atoms with E-state index in [0.717, 1.165) is 10.9 Å². The predicted octanol–water partition coefficient (Wildman–Crippen LogP) is 1.85. The van der Waals surface area contributed by atoms with Gasteiger partial charge in [-0.1, -0.05) is 6.07 Å². The molecule has 1 atom stereocenters. The summed E-state index contributed by atoms with van der Waals surface area (Å²) in [6, 6.07) is 11.4. The Hall–Kier alpha value is -2.12. The summed E-state index contributed by atoms with van der Waals surface area (Å²) in [6.07, 6.45) is 1.73. The highest BCUT2D eigenvalue weighted by atomic mass is 16.5. The average molecular weight is 227 g/mol. The van der Waals surface area contributed by atoms with Crippen molar-refractivity contribution in [3.63, 3.8) is 0 Å². The van der Waals surface area contributed by atoms with E-state index in [9.17, 15) is 0 Å². The molecule has 0 spiro atoms. The van der Waals surface area contributed by atoms with E-state index in [2.05, 4.69) is 4.98 Å². The number of aromatic nitrogens is 1. The smallest absolute Gasteiger partial charge is 0.135 e. The van der Waals surface area contributed by atoms with Crippen LogP contribution in [0.3, 0.4) is 0 Å². The molecule has 4 heteroatoms. The summed E-state index contributed by atoms with van der Waals surface area (Å²) < 4.78 is 5.59. The van der Waals surface area contributed by atoms with E-state index in [-0.39, 0.29) is 6.61 Å². The zero-order valence-corrected chi connectivity index (χ0v) is 9.55. The van der Waals surface area contributed by atoms with Gasteiger partial charge >= 0.3 is 0 Å². The standard InChI is InChI=1S/C13H13N3O/c1-13(15,8-14)9-17-12-6-2-5-11-10(12)4-3-7-16-11/h2-7H,9,15H2,1H3. The van der Waals surface area contributed by atoms with Gasteiger partial charge in [0.15, 0.2) is 0 Å². The molecule has 17 heavy (non-hydrogen) atoms. The lowest BCUT2D eigenvalue weighted by molar-refractivity contribution is 0.267. The molecular weight excluding hydrogens is 214 g/mol. The van der Waals surface area contributed by atoms with Crippen LogP contribution in [0.25, 0.3) is 10.9 Å². The van der Waals surface area contributed by atoms with Gasteiger partial charge in [0.2, 0.25) is 0 Å². The van der Waals surface area contributed by atoms with Crippen molar-refractivity contribution in [1.82, 2.24) is 4.98 Å². The van der Waals surface area contributed by atoms with Gasteiger partial charge in [-0.3, -0.25) is 4.98 Å². The van der Waals surface area contributed by atoms with Gasteiger partial charge in [0.1, 0.15) is 17.9 Å². The molecule has 2 rings (SSSR count). The fourth-order valence-corrected chi connectivity index (χ4v) is 1.46. The zero-order valence-electron chi connectivity index (χ0n) is 9.55. The highest BCUT2D eigenvalue weighted by Gasteiger charge is 2.18. The van der Waals surface area contributed by atoms with Gasteiger partial charge in [-0.25, -0.2) is 0 Å². The minimum Gasteiger partial charge on any atom is -0.490 e. The SMILES string of the molecule is CC(N)(C#N)COc1cccc2ncccc12. The molecule has 2 N–H and O–H groups in total. The molecule has 1 aromatic heterocycles. The van der Waals surface area contributed by atoms with E-state index in [0.29, 0.717) is 5.75 Å². The van der Waals surface area contributed by atoms with Crippen LogP contribution in [-0.4, -0.2) is 17.1 Å². The fraction of sp³-hybridized carbons (Fsp3) is 0.231. The van der Waals surface area contributed by atoms with E-state index in [4.69, 9.17) is 15.7 Å². The summed E-state index contributed by atoms with van der Waals surface area (Å²) in [6.45, 7) is 1.79. The number of hydrogen-bond donors (Lipinski definition) is 1. The first-order valence-corrected chi connectivity index (χ1v) is 5.29. The first-order chi connectivity index (χ1) is 8.12. The van der Waals surface area contributed by atoms with Crippen molar-refractivity contribution in [3.8, 4) is 11.8 Å². The first kappa shape index (κ1) is 11.4. The Kier molecular flexibility index (Phi) is 2.94. The van der Waals surface area contributed by atoms with E-state index in [1.165, 1.54) is 0 Å². The summed E-state index contributed by atoms with van der Waals surface area (Å²) in [5.74, 6) is 0.697. The minimum absolute atomic E-state index is 0.150. The maximum atomic E-state index is 8.82. The average Bonchev–Trinajstić information content (AvgIpc) is 2.36. The second-order valence-corrected chi connectivity index (χ2v) is 4.14. The fourth-order valence-electron chi connectivity index (χ4n) is 1.46. The summed E-state index contributed by atoms with van der Waals surface area (Å²) in [7, 11) is 0. The lowest BCUT2D eigenvalue weighted by Crippen LogP contribution is -2.40. The topological polar surface area (TPSA) is 71.9 Å². The molecule has 0 bridgehead atoms. The minimum atomic E-state index is -0.982. The van der Waals surface area contributed by atoms with Crippen LogP contribution in [0.4, 0.5) is 0 Å². The third kappa shape index (κ3) is 2.52. The zero-order chi connectivity index (χ0) is 12.3.